The van der Waals surface area contributed by atoms with Crippen molar-refractivity contribution in [2.75, 3.05) is 0 Å². The molecule has 21 heavy (non-hydrogen) atoms. The largest absolute Gasteiger partial charge is 0.321 e. The number of hydrogen-bond acceptors (Lipinski definition) is 3. The molecule has 0 atom stereocenters. The topological polar surface area (TPSA) is 43.6 Å². The summed E-state index contributed by atoms with van der Waals surface area (Å²) in [6.07, 6.45) is 3.64. The molecule has 1 fully saturated rings. The van der Waals surface area contributed by atoms with Crippen LogP contribution < -0.4 is 0 Å². The number of nitrogens with zero attached hydrogens (tertiary/aromatic N) is 4. The Hall–Kier alpha value is -1.72. The summed E-state index contributed by atoms with van der Waals surface area (Å²) in [5, 5.41) is 0.330. The van der Waals surface area contributed by atoms with Crippen molar-refractivity contribution in [3.63, 3.8) is 0 Å². The standard InChI is InChI=1S/C14H9Cl2FN4/c15-12-9(6-18-14(16)20-12)13-19-10-4-1-7(17)5-11(10)21(13)8-2-3-8/h1,4-6,8H,2-3H2. The summed E-state index contributed by atoms with van der Waals surface area (Å²) in [7, 11) is 0. The van der Waals surface area contributed by atoms with Crippen molar-refractivity contribution in [3.05, 3.63) is 40.6 Å². The highest BCUT2D eigenvalue weighted by Gasteiger charge is 2.29. The van der Waals surface area contributed by atoms with Crippen LogP contribution in [-0.2, 0) is 0 Å². The van der Waals surface area contributed by atoms with Crippen LogP contribution in [0, 0.1) is 5.82 Å². The lowest BCUT2D eigenvalue weighted by Gasteiger charge is -2.08. The van der Waals surface area contributed by atoms with Crippen LogP contribution in [0.25, 0.3) is 22.4 Å². The third-order valence-corrected chi connectivity index (χ3v) is 3.99. The first-order chi connectivity index (χ1) is 10.1. The van der Waals surface area contributed by atoms with Gasteiger partial charge in [-0.25, -0.2) is 19.3 Å². The molecule has 0 N–H and O–H groups in total. The quantitative estimate of drug-likeness (QED) is 0.522. The average Bonchev–Trinajstić information content (AvgIpc) is 3.20. The van der Waals surface area contributed by atoms with Gasteiger partial charge < -0.3 is 4.57 Å². The monoisotopic (exact) mass is 322 g/mol. The Morgan fingerprint density at radius 2 is 2.00 bits per heavy atom. The summed E-state index contributed by atoms with van der Waals surface area (Å²) in [5.74, 6) is 0.370. The molecule has 1 aliphatic rings. The van der Waals surface area contributed by atoms with E-state index in [1.54, 1.807) is 12.3 Å². The van der Waals surface area contributed by atoms with Crippen molar-refractivity contribution < 1.29 is 4.39 Å². The van der Waals surface area contributed by atoms with E-state index in [-0.39, 0.29) is 16.3 Å². The fraction of sp³-hybridized carbons (Fsp3) is 0.214. The minimum atomic E-state index is -0.283. The summed E-state index contributed by atoms with van der Waals surface area (Å²) in [4.78, 5) is 12.5. The van der Waals surface area contributed by atoms with Crippen molar-refractivity contribution in [2.45, 2.75) is 18.9 Å². The van der Waals surface area contributed by atoms with Gasteiger partial charge in [0.25, 0.3) is 0 Å². The van der Waals surface area contributed by atoms with E-state index < -0.39 is 0 Å². The second kappa shape index (κ2) is 4.64. The lowest BCUT2D eigenvalue weighted by molar-refractivity contribution is 0.628. The number of hydrogen-bond donors (Lipinski definition) is 0. The van der Waals surface area contributed by atoms with Gasteiger partial charge in [-0.1, -0.05) is 11.6 Å². The van der Waals surface area contributed by atoms with Crippen molar-refractivity contribution >= 4 is 34.2 Å². The van der Waals surface area contributed by atoms with E-state index in [4.69, 9.17) is 23.2 Å². The number of benzene rings is 1. The maximum Gasteiger partial charge on any atom is 0.223 e. The second-order valence-electron chi connectivity index (χ2n) is 5.01. The fourth-order valence-corrected chi connectivity index (χ4v) is 2.84. The van der Waals surface area contributed by atoms with Gasteiger partial charge in [-0.05, 0) is 42.6 Å². The minimum absolute atomic E-state index is 0.0869. The molecule has 1 aliphatic carbocycles. The van der Waals surface area contributed by atoms with Gasteiger partial charge in [0.1, 0.15) is 16.8 Å². The van der Waals surface area contributed by atoms with Gasteiger partial charge >= 0.3 is 0 Å². The normalized spacial score (nSPS) is 14.8. The molecular weight excluding hydrogens is 314 g/mol. The maximum absolute atomic E-state index is 13.5. The zero-order valence-corrected chi connectivity index (χ0v) is 12.2. The van der Waals surface area contributed by atoms with Gasteiger partial charge in [-0.2, -0.15) is 0 Å². The molecule has 106 valence electrons. The van der Waals surface area contributed by atoms with Crippen LogP contribution >= 0.6 is 23.2 Å². The molecule has 2 heterocycles. The van der Waals surface area contributed by atoms with E-state index in [0.29, 0.717) is 17.4 Å². The van der Waals surface area contributed by atoms with E-state index in [1.807, 2.05) is 4.57 Å². The molecule has 3 aromatic rings. The Balaban J connectivity index is 2.01. The molecule has 0 saturated heterocycles. The van der Waals surface area contributed by atoms with Crippen molar-refractivity contribution in [2.24, 2.45) is 0 Å². The summed E-state index contributed by atoms with van der Waals surface area (Å²) >= 11 is 11.9. The van der Waals surface area contributed by atoms with Crippen molar-refractivity contribution in [3.8, 4) is 11.4 Å². The molecule has 0 bridgehead atoms. The summed E-state index contributed by atoms with van der Waals surface area (Å²) in [5.41, 5.74) is 2.09. The van der Waals surface area contributed by atoms with Gasteiger partial charge in [0, 0.05) is 12.2 Å². The average molecular weight is 323 g/mol. The maximum atomic E-state index is 13.5. The molecule has 2 aromatic heterocycles. The summed E-state index contributed by atoms with van der Waals surface area (Å²) in [6, 6.07) is 4.88. The number of aromatic nitrogens is 4. The lowest BCUT2D eigenvalue weighted by atomic mass is 10.3. The molecule has 0 radical (unpaired) electrons. The molecule has 0 unspecified atom stereocenters. The Kier molecular flexibility index (Phi) is 2.87. The highest BCUT2D eigenvalue weighted by atomic mass is 35.5. The van der Waals surface area contributed by atoms with E-state index in [1.165, 1.54) is 12.1 Å². The Labute approximate surface area is 129 Å². The number of imidazole rings is 1. The lowest BCUT2D eigenvalue weighted by Crippen LogP contribution is -1.99. The van der Waals surface area contributed by atoms with Crippen molar-refractivity contribution in [1.82, 2.24) is 19.5 Å². The predicted molar refractivity (Wildman–Crippen MR) is 79.0 cm³/mol. The van der Waals surface area contributed by atoms with E-state index in [0.717, 1.165) is 23.9 Å². The molecule has 1 aromatic carbocycles. The van der Waals surface area contributed by atoms with Crippen LogP contribution in [0.15, 0.2) is 24.4 Å². The molecule has 0 amide bonds. The van der Waals surface area contributed by atoms with Crippen LogP contribution in [0.2, 0.25) is 10.4 Å². The van der Waals surface area contributed by atoms with E-state index >= 15 is 0 Å². The molecule has 1 saturated carbocycles. The highest BCUT2D eigenvalue weighted by Crippen LogP contribution is 2.42. The first kappa shape index (κ1) is 13.0. The first-order valence-electron chi connectivity index (χ1n) is 6.49. The van der Waals surface area contributed by atoms with Crippen LogP contribution in [0.4, 0.5) is 4.39 Å². The van der Waals surface area contributed by atoms with Crippen LogP contribution in [0.3, 0.4) is 0 Å². The van der Waals surface area contributed by atoms with Crippen LogP contribution in [0.1, 0.15) is 18.9 Å². The SMILES string of the molecule is Fc1ccc2nc(-c3cnc(Cl)nc3Cl)n(C3CC3)c2c1. The summed E-state index contributed by atoms with van der Waals surface area (Å²) < 4.78 is 15.5. The second-order valence-corrected chi connectivity index (χ2v) is 5.71. The number of rotatable bonds is 2. The van der Waals surface area contributed by atoms with Gasteiger partial charge in [0.15, 0.2) is 0 Å². The smallest absolute Gasteiger partial charge is 0.223 e. The first-order valence-corrected chi connectivity index (χ1v) is 7.25. The molecule has 4 nitrogen and oxygen atoms in total. The molecule has 4 rings (SSSR count). The van der Waals surface area contributed by atoms with Gasteiger partial charge in [0.05, 0.1) is 16.6 Å². The Morgan fingerprint density at radius 3 is 2.71 bits per heavy atom. The van der Waals surface area contributed by atoms with Crippen LogP contribution in [0.5, 0.6) is 0 Å². The number of fused-ring (bicyclic) bond motifs is 1. The Bertz CT molecular complexity index is 858. The van der Waals surface area contributed by atoms with E-state index in [2.05, 4.69) is 15.0 Å². The molecule has 0 aliphatic heterocycles. The molecule has 7 heteroatoms. The van der Waals surface area contributed by atoms with Gasteiger partial charge in [-0.15, -0.1) is 0 Å². The van der Waals surface area contributed by atoms with Crippen LogP contribution in [-0.4, -0.2) is 19.5 Å². The zero-order valence-electron chi connectivity index (χ0n) is 10.7. The Morgan fingerprint density at radius 1 is 1.19 bits per heavy atom. The predicted octanol–water partition coefficient (Wildman–Crippen LogP) is 4.27. The van der Waals surface area contributed by atoms with E-state index in [9.17, 15) is 4.39 Å². The third kappa shape index (κ3) is 2.17. The van der Waals surface area contributed by atoms with Gasteiger partial charge in [-0.3, -0.25) is 0 Å². The molecular formula is C14H9Cl2FN4. The highest BCUT2D eigenvalue weighted by molar-refractivity contribution is 6.33. The third-order valence-electron chi connectivity index (χ3n) is 3.52. The number of halogens is 3. The van der Waals surface area contributed by atoms with Crippen molar-refractivity contribution in [1.29, 1.82) is 0 Å². The minimum Gasteiger partial charge on any atom is -0.321 e. The zero-order chi connectivity index (χ0) is 14.6. The van der Waals surface area contributed by atoms with Gasteiger partial charge in [0.2, 0.25) is 5.28 Å². The molecule has 0 spiro atoms. The fourth-order valence-electron chi connectivity index (χ4n) is 2.45. The summed E-state index contributed by atoms with van der Waals surface area (Å²) in [6.45, 7) is 0.